The van der Waals surface area contributed by atoms with Gasteiger partial charge >= 0.3 is 0 Å². The number of benzene rings is 1. The van der Waals surface area contributed by atoms with Gasteiger partial charge < -0.3 is 14.8 Å². The van der Waals surface area contributed by atoms with E-state index in [9.17, 15) is 8.42 Å². The van der Waals surface area contributed by atoms with E-state index < -0.39 is 10.0 Å². The summed E-state index contributed by atoms with van der Waals surface area (Å²) in [5, 5.41) is 4.35. The summed E-state index contributed by atoms with van der Waals surface area (Å²) in [5.74, 6) is 0.560. The van der Waals surface area contributed by atoms with Crippen molar-refractivity contribution in [1.29, 1.82) is 0 Å². The Labute approximate surface area is 230 Å². The van der Waals surface area contributed by atoms with Crippen LogP contribution in [0.1, 0.15) is 48.2 Å². The van der Waals surface area contributed by atoms with Gasteiger partial charge in [-0.1, -0.05) is 23.7 Å². The molecule has 3 fully saturated rings. The molecule has 4 aliphatic rings. The number of fused-ring (bicyclic) bond motifs is 1. The highest BCUT2D eigenvalue weighted by atomic mass is 35.5. The third kappa shape index (κ3) is 5.31. The summed E-state index contributed by atoms with van der Waals surface area (Å²) in [6.45, 7) is 4.43. The van der Waals surface area contributed by atoms with Gasteiger partial charge in [0, 0.05) is 84.7 Å². The van der Waals surface area contributed by atoms with E-state index >= 15 is 0 Å². The van der Waals surface area contributed by atoms with Crippen LogP contribution in [0.4, 0.5) is 5.69 Å². The number of morpholine rings is 1. The lowest BCUT2D eigenvalue weighted by Crippen LogP contribution is -2.50. The smallest absolute Gasteiger partial charge is 0.243 e. The van der Waals surface area contributed by atoms with Gasteiger partial charge in [-0.3, -0.25) is 9.88 Å². The number of hydrogen-bond donors (Lipinski definition) is 1. The molecule has 38 heavy (non-hydrogen) atoms. The second-order valence-electron chi connectivity index (χ2n) is 10.6. The minimum Gasteiger partial charge on any atom is -0.496 e. The minimum atomic E-state index is -3.60. The first kappa shape index (κ1) is 26.1. The summed E-state index contributed by atoms with van der Waals surface area (Å²) in [6, 6.07) is 8.22. The molecule has 0 bridgehead atoms. The number of halogens is 1. The van der Waals surface area contributed by atoms with Crippen LogP contribution in [0.5, 0.6) is 5.75 Å². The molecule has 6 rings (SSSR count). The van der Waals surface area contributed by atoms with E-state index in [0.717, 1.165) is 78.8 Å². The van der Waals surface area contributed by atoms with Gasteiger partial charge in [0.25, 0.3) is 0 Å². The number of nitrogens with one attached hydrogen (secondary N) is 1. The Balaban J connectivity index is 1.18. The molecule has 204 valence electrons. The number of rotatable bonds is 8. The summed E-state index contributed by atoms with van der Waals surface area (Å²) >= 11 is 6.48. The Morgan fingerprint density at radius 2 is 1.87 bits per heavy atom. The third-order valence-electron chi connectivity index (χ3n) is 8.05. The normalized spacial score (nSPS) is 21.3. The molecule has 2 aromatic rings. The zero-order valence-corrected chi connectivity index (χ0v) is 23.4. The van der Waals surface area contributed by atoms with Crippen molar-refractivity contribution in [3.8, 4) is 5.75 Å². The summed E-state index contributed by atoms with van der Waals surface area (Å²) in [6.07, 6.45) is 7.29. The second kappa shape index (κ2) is 10.8. The van der Waals surface area contributed by atoms with Crippen LogP contribution >= 0.6 is 11.6 Å². The highest BCUT2D eigenvalue weighted by Crippen LogP contribution is 2.39. The van der Waals surface area contributed by atoms with Gasteiger partial charge in [0.2, 0.25) is 10.0 Å². The molecule has 1 N–H and O–H groups in total. The van der Waals surface area contributed by atoms with Crippen molar-refractivity contribution in [2.24, 2.45) is 0 Å². The van der Waals surface area contributed by atoms with Crippen LogP contribution in [-0.2, 0) is 27.6 Å². The maximum absolute atomic E-state index is 13.5. The van der Waals surface area contributed by atoms with E-state index in [2.05, 4.69) is 16.3 Å². The number of hydrogen-bond acceptors (Lipinski definition) is 7. The summed E-state index contributed by atoms with van der Waals surface area (Å²) in [5.41, 5.74) is 4.83. The van der Waals surface area contributed by atoms with Crippen molar-refractivity contribution in [2.75, 3.05) is 51.8 Å². The molecule has 0 amide bonds. The second-order valence-corrected chi connectivity index (χ2v) is 12.9. The van der Waals surface area contributed by atoms with Gasteiger partial charge in [0.15, 0.2) is 0 Å². The van der Waals surface area contributed by atoms with Gasteiger partial charge in [0.1, 0.15) is 5.75 Å². The van der Waals surface area contributed by atoms with E-state index in [1.165, 1.54) is 12.8 Å². The molecule has 2 saturated heterocycles. The fraction of sp³-hybridized carbons (Fsp3) is 0.536. The molecule has 3 heterocycles. The highest BCUT2D eigenvalue weighted by Gasteiger charge is 2.33. The number of pyridine rings is 1. The van der Waals surface area contributed by atoms with Gasteiger partial charge in [0.05, 0.1) is 30.9 Å². The molecule has 2 aliphatic carbocycles. The zero-order chi connectivity index (χ0) is 26.3. The van der Waals surface area contributed by atoms with E-state index in [-0.39, 0.29) is 4.90 Å². The number of ether oxygens (including phenoxy) is 2. The molecule has 0 unspecified atom stereocenters. The first-order valence-electron chi connectivity index (χ1n) is 13.6. The summed E-state index contributed by atoms with van der Waals surface area (Å²) < 4.78 is 39.8. The van der Waals surface area contributed by atoms with Crippen molar-refractivity contribution < 1.29 is 17.9 Å². The van der Waals surface area contributed by atoms with Crippen LogP contribution in [-0.4, -0.2) is 81.2 Å². The summed E-state index contributed by atoms with van der Waals surface area (Å²) in [4.78, 5) is 7.60. The van der Waals surface area contributed by atoms with E-state index in [1.807, 2.05) is 12.1 Å². The molecule has 0 spiro atoms. The van der Waals surface area contributed by atoms with Crippen molar-refractivity contribution in [1.82, 2.24) is 14.2 Å². The minimum absolute atomic E-state index is 0.275. The van der Waals surface area contributed by atoms with Crippen LogP contribution in [0.15, 0.2) is 35.2 Å². The van der Waals surface area contributed by atoms with Gasteiger partial charge in [-0.25, -0.2) is 8.42 Å². The molecular weight excluding hydrogens is 524 g/mol. The number of aromatic nitrogens is 1. The molecule has 0 radical (unpaired) electrons. The van der Waals surface area contributed by atoms with Crippen LogP contribution in [0, 0.1) is 0 Å². The van der Waals surface area contributed by atoms with E-state index in [4.69, 9.17) is 26.1 Å². The lowest BCUT2D eigenvalue weighted by Gasteiger charge is -2.39. The average molecular weight is 559 g/mol. The lowest BCUT2D eigenvalue weighted by molar-refractivity contribution is 0.00610. The van der Waals surface area contributed by atoms with E-state index in [1.54, 1.807) is 23.5 Å². The maximum Gasteiger partial charge on any atom is 0.243 e. The van der Waals surface area contributed by atoms with Gasteiger partial charge in [-0.05, 0) is 37.8 Å². The highest BCUT2D eigenvalue weighted by molar-refractivity contribution is 7.89. The predicted octanol–water partition coefficient (Wildman–Crippen LogP) is 3.88. The van der Waals surface area contributed by atoms with Crippen LogP contribution in [0.3, 0.4) is 0 Å². The monoisotopic (exact) mass is 558 g/mol. The quantitative estimate of drug-likeness (QED) is 0.526. The Hall–Kier alpha value is -2.17. The third-order valence-corrected chi connectivity index (χ3v) is 10.3. The number of methoxy groups -OCH3 is 1. The predicted molar refractivity (Wildman–Crippen MR) is 148 cm³/mol. The van der Waals surface area contributed by atoms with Crippen LogP contribution in [0.25, 0.3) is 5.03 Å². The molecule has 1 saturated carbocycles. The number of anilines is 1. The Kier molecular flexibility index (Phi) is 7.39. The van der Waals surface area contributed by atoms with Gasteiger partial charge in [-0.2, -0.15) is 4.31 Å². The van der Waals surface area contributed by atoms with Crippen molar-refractivity contribution in [3.63, 3.8) is 0 Å². The number of allylic oxidation sites excluding steroid dienone is 1. The SMILES string of the molecule is COc1cc(S(=O)(=O)N2CCC(N3CCOCC3)CC2)ccc1Cc1cc(NC2CC2)c2c(n1)CC=C2Cl. The molecule has 1 aromatic heterocycles. The van der Waals surface area contributed by atoms with Crippen molar-refractivity contribution >= 4 is 32.3 Å². The standard InChI is InChI=1S/C28H35ClN4O4S/c1-36-27-18-23(38(34,35)33-10-8-22(9-11-33)32-12-14-37-15-13-32)5-2-19(27)16-21-17-26(30-20-3-4-20)28-24(29)6-7-25(28)31-21/h2,5-6,17-18,20,22H,3-4,7-16H2,1H3,(H,30,31). The molecule has 0 atom stereocenters. The van der Waals surface area contributed by atoms with Crippen molar-refractivity contribution in [2.45, 2.75) is 55.5 Å². The molecule has 8 nitrogen and oxygen atoms in total. The fourth-order valence-electron chi connectivity index (χ4n) is 5.78. The lowest BCUT2D eigenvalue weighted by atomic mass is 10.0. The Bertz CT molecular complexity index is 1330. The van der Waals surface area contributed by atoms with Crippen LogP contribution < -0.4 is 10.1 Å². The Morgan fingerprint density at radius 1 is 1.11 bits per heavy atom. The van der Waals surface area contributed by atoms with E-state index in [0.29, 0.717) is 37.3 Å². The molecular formula is C28H35ClN4O4S. The van der Waals surface area contributed by atoms with Crippen LogP contribution in [0.2, 0.25) is 0 Å². The van der Waals surface area contributed by atoms with Crippen molar-refractivity contribution in [3.05, 3.63) is 52.9 Å². The van der Waals surface area contributed by atoms with Gasteiger partial charge in [-0.15, -0.1) is 0 Å². The zero-order valence-electron chi connectivity index (χ0n) is 21.8. The number of piperidine rings is 1. The molecule has 1 aromatic carbocycles. The maximum atomic E-state index is 13.5. The average Bonchev–Trinajstić information content (AvgIpc) is 3.68. The Morgan fingerprint density at radius 3 is 2.58 bits per heavy atom. The topological polar surface area (TPSA) is 84.0 Å². The number of sulfonamides is 1. The fourth-order valence-corrected chi connectivity index (χ4v) is 7.55. The first-order valence-corrected chi connectivity index (χ1v) is 15.4. The molecule has 10 heteroatoms. The summed E-state index contributed by atoms with van der Waals surface area (Å²) in [7, 11) is -2.02. The molecule has 2 aliphatic heterocycles. The largest absolute Gasteiger partial charge is 0.496 e. The first-order chi connectivity index (χ1) is 18.4. The number of nitrogens with zero attached hydrogens (tertiary/aromatic N) is 3.